The molecule has 2 bridgehead atoms. The number of piperidine rings is 1. The van der Waals surface area contributed by atoms with Gasteiger partial charge in [0.15, 0.2) is 0 Å². The maximum atomic E-state index is 6.10. The third-order valence-electron chi connectivity index (χ3n) is 4.44. The van der Waals surface area contributed by atoms with Crippen LogP contribution >= 0.6 is 11.3 Å². The molecule has 6 heteroatoms. The zero-order valence-corrected chi connectivity index (χ0v) is 12.1. The van der Waals surface area contributed by atoms with Crippen molar-refractivity contribution in [3.05, 3.63) is 23.4 Å². The van der Waals surface area contributed by atoms with E-state index in [1.165, 1.54) is 12.8 Å². The van der Waals surface area contributed by atoms with Crippen molar-refractivity contribution in [2.75, 3.05) is 0 Å². The van der Waals surface area contributed by atoms with Crippen molar-refractivity contribution in [2.45, 2.75) is 50.4 Å². The Morgan fingerprint density at radius 3 is 2.80 bits per heavy atom. The zero-order chi connectivity index (χ0) is 13.5. The van der Waals surface area contributed by atoms with Crippen molar-refractivity contribution in [3.8, 4) is 10.8 Å². The highest BCUT2D eigenvalue weighted by molar-refractivity contribution is 7.13. The average Bonchev–Trinajstić information content (AvgIpc) is 3.12. The fourth-order valence-corrected chi connectivity index (χ4v) is 4.19. The number of thiophene rings is 1. The minimum atomic E-state index is 0.369. The molecule has 106 valence electrons. The number of hydrogen-bond donors (Lipinski definition) is 1. The summed E-state index contributed by atoms with van der Waals surface area (Å²) in [6.45, 7) is 0.764. The molecule has 0 saturated carbocycles. The largest absolute Gasteiger partial charge is 0.419 e. The van der Waals surface area contributed by atoms with Gasteiger partial charge in [0, 0.05) is 18.1 Å². The maximum Gasteiger partial charge on any atom is 0.257 e. The smallest absolute Gasteiger partial charge is 0.257 e. The van der Waals surface area contributed by atoms with Crippen LogP contribution in [0.5, 0.6) is 0 Å². The highest BCUT2D eigenvalue weighted by Gasteiger charge is 2.40. The second-order valence-electron chi connectivity index (χ2n) is 5.77. The van der Waals surface area contributed by atoms with E-state index in [-0.39, 0.29) is 0 Å². The Bertz CT molecular complexity index is 568. The lowest BCUT2D eigenvalue weighted by Crippen LogP contribution is -2.46. The normalized spacial score (nSPS) is 29.9. The maximum absolute atomic E-state index is 6.10. The quantitative estimate of drug-likeness (QED) is 0.939. The van der Waals surface area contributed by atoms with Crippen LogP contribution in [0.1, 0.15) is 31.6 Å². The molecule has 2 N–H and O–H groups in total. The van der Waals surface area contributed by atoms with E-state index in [1.807, 2.05) is 17.5 Å². The summed E-state index contributed by atoms with van der Waals surface area (Å²) < 4.78 is 5.80. The van der Waals surface area contributed by atoms with Crippen molar-refractivity contribution in [1.29, 1.82) is 0 Å². The van der Waals surface area contributed by atoms with Crippen LogP contribution in [-0.2, 0) is 6.54 Å². The van der Waals surface area contributed by atoms with E-state index in [4.69, 9.17) is 10.2 Å². The van der Waals surface area contributed by atoms with Crippen molar-refractivity contribution in [3.63, 3.8) is 0 Å². The molecule has 2 fully saturated rings. The number of nitrogens with zero attached hydrogens (tertiary/aromatic N) is 3. The zero-order valence-electron chi connectivity index (χ0n) is 11.2. The van der Waals surface area contributed by atoms with Crippen LogP contribution in [0.2, 0.25) is 0 Å². The lowest BCUT2D eigenvalue weighted by Gasteiger charge is -2.36. The number of nitrogens with two attached hydrogens (primary N) is 1. The lowest BCUT2D eigenvalue weighted by atomic mass is 9.98. The van der Waals surface area contributed by atoms with Crippen LogP contribution in [0.25, 0.3) is 10.8 Å². The van der Waals surface area contributed by atoms with Gasteiger partial charge in [-0.15, -0.1) is 21.5 Å². The topological polar surface area (TPSA) is 68.2 Å². The third kappa shape index (κ3) is 2.17. The predicted molar refractivity (Wildman–Crippen MR) is 77.2 cm³/mol. The first kappa shape index (κ1) is 12.5. The van der Waals surface area contributed by atoms with E-state index in [0.717, 1.165) is 30.2 Å². The molecule has 20 heavy (non-hydrogen) atoms. The molecule has 2 aromatic rings. The van der Waals surface area contributed by atoms with Crippen molar-refractivity contribution in [2.24, 2.45) is 5.73 Å². The van der Waals surface area contributed by atoms with Gasteiger partial charge >= 0.3 is 0 Å². The molecule has 2 atom stereocenters. The van der Waals surface area contributed by atoms with E-state index in [1.54, 1.807) is 11.3 Å². The van der Waals surface area contributed by atoms with E-state index < -0.39 is 0 Å². The van der Waals surface area contributed by atoms with E-state index in [9.17, 15) is 0 Å². The molecule has 2 aliphatic heterocycles. The molecule has 0 aliphatic carbocycles. The summed E-state index contributed by atoms with van der Waals surface area (Å²) in [7, 11) is 0. The van der Waals surface area contributed by atoms with Gasteiger partial charge in [0.05, 0.1) is 11.4 Å². The van der Waals surface area contributed by atoms with Gasteiger partial charge in [-0.1, -0.05) is 6.07 Å². The molecule has 0 spiro atoms. The Balaban J connectivity index is 1.50. The molecule has 4 rings (SSSR count). The Hall–Kier alpha value is -1.24. The number of rotatable bonds is 3. The fourth-order valence-electron chi connectivity index (χ4n) is 3.55. The third-order valence-corrected chi connectivity index (χ3v) is 5.30. The summed E-state index contributed by atoms with van der Waals surface area (Å²) in [6.07, 6.45) is 4.71. The summed E-state index contributed by atoms with van der Waals surface area (Å²) >= 11 is 1.62. The van der Waals surface area contributed by atoms with Gasteiger partial charge < -0.3 is 10.2 Å². The first-order valence-corrected chi connectivity index (χ1v) is 8.05. The van der Waals surface area contributed by atoms with E-state index in [0.29, 0.717) is 24.0 Å². The van der Waals surface area contributed by atoms with Gasteiger partial charge in [-0.3, -0.25) is 4.90 Å². The number of fused-ring (bicyclic) bond motifs is 2. The molecule has 2 saturated heterocycles. The second-order valence-corrected chi connectivity index (χ2v) is 6.71. The first-order valence-electron chi connectivity index (χ1n) is 7.17. The van der Waals surface area contributed by atoms with Crippen molar-refractivity contribution < 1.29 is 4.42 Å². The lowest BCUT2D eigenvalue weighted by molar-refractivity contribution is 0.109. The summed E-state index contributed by atoms with van der Waals surface area (Å²) in [6, 6.07) is 5.57. The molecule has 5 nitrogen and oxygen atoms in total. The van der Waals surface area contributed by atoms with Gasteiger partial charge in [0.1, 0.15) is 0 Å². The van der Waals surface area contributed by atoms with Crippen LogP contribution < -0.4 is 5.73 Å². The van der Waals surface area contributed by atoms with Crippen molar-refractivity contribution >= 4 is 11.3 Å². The standard InChI is InChI=1S/C14H18N4OS/c15-9-6-10-3-4-11(7-9)18(10)8-13-16-17-14(19-13)12-2-1-5-20-12/h1-2,5,9-11H,3-4,6-8,15H2. The summed E-state index contributed by atoms with van der Waals surface area (Å²) in [5.41, 5.74) is 6.10. The second kappa shape index (κ2) is 4.95. The van der Waals surface area contributed by atoms with Gasteiger partial charge in [0.25, 0.3) is 5.89 Å². The van der Waals surface area contributed by atoms with Crippen LogP contribution in [-0.4, -0.2) is 33.2 Å². The van der Waals surface area contributed by atoms with Gasteiger partial charge in [-0.2, -0.15) is 0 Å². The molecule has 2 aliphatic rings. The molecular weight excluding hydrogens is 272 g/mol. The predicted octanol–water partition coefficient (Wildman–Crippen LogP) is 2.25. The molecule has 2 aromatic heterocycles. The molecular formula is C14H18N4OS. The molecule has 0 amide bonds. The van der Waals surface area contributed by atoms with Crippen LogP contribution in [0.15, 0.2) is 21.9 Å². The number of aromatic nitrogens is 2. The monoisotopic (exact) mass is 290 g/mol. The van der Waals surface area contributed by atoms with Gasteiger partial charge in [-0.25, -0.2) is 0 Å². The summed E-state index contributed by atoms with van der Waals surface area (Å²) in [5, 5.41) is 10.4. The van der Waals surface area contributed by atoms with Gasteiger partial charge in [0.2, 0.25) is 5.89 Å². The Labute approximate surface area is 121 Å². The van der Waals surface area contributed by atoms with Gasteiger partial charge in [-0.05, 0) is 37.1 Å². The molecule has 0 aromatic carbocycles. The minimum absolute atomic E-state index is 0.369. The number of hydrogen-bond acceptors (Lipinski definition) is 6. The van der Waals surface area contributed by atoms with E-state index >= 15 is 0 Å². The van der Waals surface area contributed by atoms with Crippen LogP contribution in [0.4, 0.5) is 0 Å². The Kier molecular flexibility index (Phi) is 3.09. The van der Waals surface area contributed by atoms with Crippen LogP contribution in [0.3, 0.4) is 0 Å². The van der Waals surface area contributed by atoms with Crippen molar-refractivity contribution in [1.82, 2.24) is 15.1 Å². The SMILES string of the molecule is NC1CC2CCC(C1)N2Cc1nnc(-c2cccs2)o1. The molecule has 4 heterocycles. The first-order chi connectivity index (χ1) is 9.79. The summed E-state index contributed by atoms with van der Waals surface area (Å²) in [4.78, 5) is 3.54. The van der Waals surface area contributed by atoms with E-state index in [2.05, 4.69) is 15.1 Å². The highest BCUT2D eigenvalue weighted by Crippen LogP contribution is 2.36. The molecule has 0 radical (unpaired) electrons. The minimum Gasteiger partial charge on any atom is -0.419 e. The Morgan fingerprint density at radius 1 is 1.30 bits per heavy atom. The highest BCUT2D eigenvalue weighted by atomic mass is 32.1. The van der Waals surface area contributed by atoms with Crippen LogP contribution in [0, 0.1) is 0 Å². The summed E-state index contributed by atoms with van der Waals surface area (Å²) in [5.74, 6) is 1.36. The fraction of sp³-hybridized carbons (Fsp3) is 0.571. The molecule has 2 unspecified atom stereocenters. The average molecular weight is 290 g/mol. The Morgan fingerprint density at radius 2 is 2.10 bits per heavy atom.